The zero-order valence-electron chi connectivity index (χ0n) is 9.69. The molecule has 0 spiro atoms. The molecule has 1 aromatic rings. The Morgan fingerprint density at radius 1 is 1.38 bits per heavy atom. The number of carbonyl (C=O) groups is 1. The van der Waals surface area contributed by atoms with Crippen molar-refractivity contribution in [3.05, 3.63) is 18.2 Å². The van der Waals surface area contributed by atoms with Gasteiger partial charge in [-0.25, -0.2) is 24.1 Å². The van der Waals surface area contributed by atoms with E-state index in [1.54, 1.807) is 20.8 Å². The van der Waals surface area contributed by atoms with Gasteiger partial charge in [0.2, 0.25) is 5.95 Å². The van der Waals surface area contributed by atoms with Gasteiger partial charge in [-0.2, -0.15) is 0 Å². The Labute approximate surface area is 93.3 Å². The Morgan fingerprint density at radius 3 is 2.31 bits per heavy atom. The van der Waals surface area contributed by atoms with Crippen molar-refractivity contribution in [1.29, 1.82) is 0 Å². The number of anilines is 1. The van der Waals surface area contributed by atoms with Gasteiger partial charge in [-0.15, -0.1) is 0 Å². The maximum Gasteiger partial charge on any atom is 0.416 e. The lowest BCUT2D eigenvalue weighted by molar-refractivity contribution is 0.0587. The smallest absolute Gasteiger partial charge is 0.416 e. The van der Waals surface area contributed by atoms with Gasteiger partial charge in [-0.3, -0.25) is 0 Å². The normalized spacial score (nSPS) is 11.1. The largest absolute Gasteiger partial charge is 0.443 e. The van der Waals surface area contributed by atoms with Crippen molar-refractivity contribution in [3.63, 3.8) is 0 Å². The number of ether oxygens (including phenoxy) is 1. The van der Waals surface area contributed by atoms with Crippen molar-refractivity contribution in [3.8, 4) is 0 Å². The molecule has 1 aromatic heterocycles. The van der Waals surface area contributed by atoms with Crippen molar-refractivity contribution in [2.24, 2.45) is 0 Å². The summed E-state index contributed by atoms with van der Waals surface area (Å²) in [5.41, 5.74) is -0.592. The monoisotopic (exact) mass is 227 g/mol. The van der Waals surface area contributed by atoms with E-state index in [2.05, 4.69) is 9.97 Å². The topological polar surface area (TPSA) is 55.3 Å². The van der Waals surface area contributed by atoms with Crippen molar-refractivity contribution in [2.45, 2.75) is 26.4 Å². The third-order valence-electron chi connectivity index (χ3n) is 1.57. The van der Waals surface area contributed by atoms with Gasteiger partial charge in [-0.1, -0.05) is 0 Å². The van der Waals surface area contributed by atoms with E-state index in [-0.39, 0.29) is 5.95 Å². The molecule has 0 radical (unpaired) electrons. The first-order valence-electron chi connectivity index (χ1n) is 4.74. The molecule has 0 aromatic carbocycles. The van der Waals surface area contributed by atoms with E-state index in [1.165, 1.54) is 7.05 Å². The van der Waals surface area contributed by atoms with Crippen LogP contribution >= 0.6 is 0 Å². The van der Waals surface area contributed by atoms with E-state index in [9.17, 15) is 9.18 Å². The molecular weight excluding hydrogens is 213 g/mol. The summed E-state index contributed by atoms with van der Waals surface area (Å²) < 4.78 is 17.7. The zero-order chi connectivity index (χ0) is 12.3. The predicted octanol–water partition coefficient (Wildman–Crippen LogP) is 1.99. The predicted molar refractivity (Wildman–Crippen MR) is 56.6 cm³/mol. The van der Waals surface area contributed by atoms with Crippen LogP contribution in [0, 0.1) is 5.82 Å². The number of nitrogens with zero attached hydrogens (tertiary/aromatic N) is 3. The minimum Gasteiger partial charge on any atom is -0.443 e. The fourth-order valence-electron chi connectivity index (χ4n) is 0.891. The Morgan fingerprint density at radius 2 is 1.88 bits per heavy atom. The maximum atomic E-state index is 12.6. The second-order valence-corrected chi connectivity index (χ2v) is 4.24. The van der Waals surface area contributed by atoms with E-state index in [0.29, 0.717) is 0 Å². The number of hydrogen-bond acceptors (Lipinski definition) is 4. The van der Waals surface area contributed by atoms with Crippen LogP contribution in [0.25, 0.3) is 0 Å². The fourth-order valence-corrected chi connectivity index (χ4v) is 0.891. The molecule has 16 heavy (non-hydrogen) atoms. The third-order valence-corrected chi connectivity index (χ3v) is 1.57. The fraction of sp³-hybridized carbons (Fsp3) is 0.500. The third kappa shape index (κ3) is 3.45. The van der Waals surface area contributed by atoms with E-state index < -0.39 is 17.5 Å². The first-order valence-corrected chi connectivity index (χ1v) is 4.74. The molecule has 0 saturated heterocycles. The molecule has 1 rings (SSSR count). The highest BCUT2D eigenvalue weighted by Crippen LogP contribution is 2.12. The Balaban J connectivity index is 2.74. The van der Waals surface area contributed by atoms with Crippen LogP contribution in [0.1, 0.15) is 20.8 Å². The number of aromatic nitrogens is 2. The van der Waals surface area contributed by atoms with Crippen LogP contribution in [-0.2, 0) is 4.74 Å². The Kier molecular flexibility index (Phi) is 3.41. The van der Waals surface area contributed by atoms with Crippen LogP contribution in [0.2, 0.25) is 0 Å². The van der Waals surface area contributed by atoms with Crippen molar-refractivity contribution in [2.75, 3.05) is 11.9 Å². The molecule has 6 heteroatoms. The summed E-state index contributed by atoms with van der Waals surface area (Å²) >= 11 is 0. The molecule has 0 aliphatic carbocycles. The molecule has 5 nitrogen and oxygen atoms in total. The molecule has 0 aliphatic rings. The van der Waals surface area contributed by atoms with Crippen LogP contribution < -0.4 is 4.90 Å². The van der Waals surface area contributed by atoms with Gasteiger partial charge >= 0.3 is 6.09 Å². The molecule has 1 heterocycles. The maximum absolute atomic E-state index is 12.6. The van der Waals surface area contributed by atoms with Crippen molar-refractivity contribution >= 4 is 12.0 Å². The summed E-state index contributed by atoms with van der Waals surface area (Å²) in [7, 11) is 1.46. The van der Waals surface area contributed by atoms with Gasteiger partial charge < -0.3 is 4.74 Å². The summed E-state index contributed by atoms with van der Waals surface area (Å²) in [6.45, 7) is 5.26. The highest BCUT2D eigenvalue weighted by molar-refractivity contribution is 5.84. The lowest BCUT2D eigenvalue weighted by atomic mass is 10.2. The van der Waals surface area contributed by atoms with Crippen LogP contribution in [0.3, 0.4) is 0 Å². The van der Waals surface area contributed by atoms with Gasteiger partial charge in [0, 0.05) is 7.05 Å². The van der Waals surface area contributed by atoms with E-state index in [0.717, 1.165) is 17.3 Å². The van der Waals surface area contributed by atoms with Gasteiger partial charge in [0.1, 0.15) is 5.60 Å². The molecule has 1 amide bonds. The number of hydrogen-bond donors (Lipinski definition) is 0. The summed E-state index contributed by atoms with van der Waals surface area (Å²) in [5, 5.41) is 0. The van der Waals surface area contributed by atoms with Crippen LogP contribution in [-0.4, -0.2) is 28.7 Å². The first-order chi connectivity index (χ1) is 7.29. The number of halogens is 1. The quantitative estimate of drug-likeness (QED) is 0.736. The highest BCUT2D eigenvalue weighted by atomic mass is 19.1. The highest BCUT2D eigenvalue weighted by Gasteiger charge is 2.21. The molecule has 0 fully saturated rings. The molecule has 0 aliphatic heterocycles. The second kappa shape index (κ2) is 4.42. The van der Waals surface area contributed by atoms with Crippen molar-refractivity contribution < 1.29 is 13.9 Å². The zero-order valence-corrected chi connectivity index (χ0v) is 9.69. The van der Waals surface area contributed by atoms with E-state index in [1.807, 2.05) is 0 Å². The van der Waals surface area contributed by atoms with Gasteiger partial charge in [0.25, 0.3) is 0 Å². The summed E-state index contributed by atoms with van der Waals surface area (Å²) in [5.74, 6) is -0.461. The molecule has 0 saturated carbocycles. The number of rotatable bonds is 1. The summed E-state index contributed by atoms with van der Waals surface area (Å²) in [6.07, 6.45) is 1.39. The average Bonchev–Trinajstić information content (AvgIpc) is 2.15. The average molecular weight is 227 g/mol. The molecule has 0 N–H and O–H groups in total. The Bertz CT molecular complexity index is 373. The molecule has 0 unspecified atom stereocenters. The molecule has 0 bridgehead atoms. The van der Waals surface area contributed by atoms with Crippen LogP contribution in [0.15, 0.2) is 12.4 Å². The molecular formula is C10H14FN3O2. The minimum atomic E-state index is -0.592. The second-order valence-electron chi connectivity index (χ2n) is 4.24. The van der Waals surface area contributed by atoms with Crippen LogP contribution in [0.5, 0.6) is 0 Å². The number of amides is 1. The lowest BCUT2D eigenvalue weighted by Gasteiger charge is -2.23. The van der Waals surface area contributed by atoms with Crippen molar-refractivity contribution in [1.82, 2.24) is 9.97 Å². The Hall–Kier alpha value is -1.72. The van der Waals surface area contributed by atoms with Gasteiger partial charge in [-0.05, 0) is 20.8 Å². The summed E-state index contributed by atoms with van der Waals surface area (Å²) in [4.78, 5) is 20.0. The minimum absolute atomic E-state index is 0.0932. The van der Waals surface area contributed by atoms with Gasteiger partial charge in [0.15, 0.2) is 5.82 Å². The summed E-state index contributed by atoms with van der Waals surface area (Å²) in [6, 6.07) is 0. The molecule has 88 valence electrons. The SMILES string of the molecule is CN(C(=O)OC(C)(C)C)c1ncc(F)cn1. The lowest BCUT2D eigenvalue weighted by Crippen LogP contribution is -2.35. The van der Waals surface area contributed by atoms with E-state index in [4.69, 9.17) is 4.74 Å². The standard InChI is InChI=1S/C10H14FN3O2/c1-10(2,3)16-9(15)14(4)8-12-5-7(11)6-13-8/h5-6H,1-4H3. The van der Waals surface area contributed by atoms with Crippen LogP contribution in [0.4, 0.5) is 15.1 Å². The van der Waals surface area contributed by atoms with E-state index >= 15 is 0 Å². The van der Waals surface area contributed by atoms with Gasteiger partial charge in [0.05, 0.1) is 12.4 Å². The molecule has 0 atom stereocenters. The number of carbonyl (C=O) groups excluding carboxylic acids is 1. The first kappa shape index (κ1) is 12.4.